The zero-order chi connectivity index (χ0) is 14.5. The third kappa shape index (κ3) is 3.00. The number of carboxylic acids is 1. The largest absolute Gasteiger partial charge is 0.476 e. The minimum absolute atomic E-state index is 0.126. The van der Waals surface area contributed by atoms with Gasteiger partial charge in [-0.25, -0.2) is 13.9 Å². The van der Waals surface area contributed by atoms with Crippen LogP contribution in [0.4, 0.5) is 4.39 Å². The molecule has 0 spiro atoms. The molecule has 7 heteroatoms. The van der Waals surface area contributed by atoms with Crippen molar-refractivity contribution >= 4 is 5.97 Å². The molecule has 0 atom stereocenters. The highest BCUT2D eigenvalue weighted by Gasteiger charge is 2.19. The highest BCUT2D eigenvalue weighted by molar-refractivity contribution is 5.86. The summed E-state index contributed by atoms with van der Waals surface area (Å²) in [6.45, 7) is 0.469. The summed E-state index contributed by atoms with van der Waals surface area (Å²) in [6.07, 6.45) is 0.347. The minimum Gasteiger partial charge on any atom is -0.476 e. The Morgan fingerprint density at radius 2 is 2.20 bits per heavy atom. The summed E-state index contributed by atoms with van der Waals surface area (Å²) < 4.78 is 20.0. The Labute approximate surface area is 114 Å². The number of carboxylic acid groups (broad SMARTS) is 1. The quantitative estimate of drug-likeness (QED) is 0.863. The van der Waals surface area contributed by atoms with Crippen molar-refractivity contribution in [3.63, 3.8) is 0 Å². The van der Waals surface area contributed by atoms with Crippen LogP contribution in [0, 0.1) is 5.82 Å². The number of nitrogens with zero attached hydrogens (tertiary/aromatic N) is 3. The summed E-state index contributed by atoms with van der Waals surface area (Å²) in [6, 6.07) is 6.27. The second kappa shape index (κ2) is 6.25. The van der Waals surface area contributed by atoms with Crippen LogP contribution in [0.3, 0.4) is 0 Å². The Kier molecular flexibility index (Phi) is 4.41. The first-order chi connectivity index (χ1) is 9.63. The van der Waals surface area contributed by atoms with Crippen molar-refractivity contribution < 1.29 is 19.0 Å². The van der Waals surface area contributed by atoms with Gasteiger partial charge in [0, 0.05) is 19.1 Å². The molecule has 1 aromatic heterocycles. The second-order valence-corrected chi connectivity index (χ2v) is 4.18. The summed E-state index contributed by atoms with van der Waals surface area (Å²) in [4.78, 5) is 11.1. The Hall–Kier alpha value is -2.28. The average Bonchev–Trinajstić information content (AvgIpc) is 2.82. The van der Waals surface area contributed by atoms with E-state index in [1.165, 1.54) is 17.9 Å². The molecule has 0 bridgehead atoms. The standard InChI is InChI=1S/C13H14FN3O3/c1-20-7-6-11-12(13(18)19)15-16-17(11)8-9-4-2-3-5-10(9)14/h2-5H,6-8H2,1H3,(H,18,19). The van der Waals surface area contributed by atoms with Crippen molar-refractivity contribution in [1.82, 2.24) is 15.0 Å². The van der Waals surface area contributed by atoms with E-state index >= 15 is 0 Å². The van der Waals surface area contributed by atoms with Crippen molar-refractivity contribution in [2.45, 2.75) is 13.0 Å². The van der Waals surface area contributed by atoms with Crippen LogP contribution >= 0.6 is 0 Å². The van der Waals surface area contributed by atoms with E-state index in [0.717, 1.165) is 0 Å². The van der Waals surface area contributed by atoms with E-state index in [1.807, 2.05) is 0 Å². The van der Waals surface area contributed by atoms with E-state index in [1.54, 1.807) is 18.2 Å². The SMILES string of the molecule is COCCc1c(C(=O)O)nnn1Cc1ccccc1F. The van der Waals surface area contributed by atoms with Gasteiger partial charge >= 0.3 is 5.97 Å². The molecule has 0 fully saturated rings. The maximum Gasteiger partial charge on any atom is 0.358 e. The van der Waals surface area contributed by atoms with Crippen molar-refractivity contribution in [3.05, 3.63) is 47.0 Å². The first-order valence-electron chi connectivity index (χ1n) is 6.01. The molecule has 0 saturated heterocycles. The van der Waals surface area contributed by atoms with Gasteiger partial charge in [-0.2, -0.15) is 0 Å². The van der Waals surface area contributed by atoms with Crippen LogP contribution in [0.2, 0.25) is 0 Å². The number of methoxy groups -OCH3 is 1. The predicted molar refractivity (Wildman–Crippen MR) is 68.1 cm³/mol. The fourth-order valence-electron chi connectivity index (χ4n) is 1.86. The van der Waals surface area contributed by atoms with Gasteiger partial charge in [0.1, 0.15) is 5.82 Å². The zero-order valence-electron chi connectivity index (χ0n) is 10.9. The van der Waals surface area contributed by atoms with E-state index < -0.39 is 5.97 Å². The number of halogens is 1. The van der Waals surface area contributed by atoms with Gasteiger partial charge in [0.05, 0.1) is 18.8 Å². The maximum atomic E-state index is 13.6. The second-order valence-electron chi connectivity index (χ2n) is 4.18. The molecule has 6 nitrogen and oxygen atoms in total. The summed E-state index contributed by atoms with van der Waals surface area (Å²) in [5.74, 6) is -1.52. The molecule has 0 aliphatic rings. The topological polar surface area (TPSA) is 77.2 Å². The number of hydrogen-bond donors (Lipinski definition) is 1. The predicted octanol–water partition coefficient (Wildman–Crippen LogP) is 1.35. The molecule has 1 heterocycles. The van der Waals surface area contributed by atoms with Gasteiger partial charge < -0.3 is 9.84 Å². The Balaban J connectivity index is 2.31. The summed E-state index contributed by atoms with van der Waals surface area (Å²) in [7, 11) is 1.52. The Bertz CT molecular complexity index is 613. The number of ether oxygens (including phenoxy) is 1. The number of aromatic nitrogens is 3. The number of rotatable bonds is 6. The fraction of sp³-hybridized carbons (Fsp3) is 0.308. The molecule has 1 aromatic carbocycles. The van der Waals surface area contributed by atoms with Crippen molar-refractivity contribution in [2.75, 3.05) is 13.7 Å². The Morgan fingerprint density at radius 3 is 2.85 bits per heavy atom. The highest BCUT2D eigenvalue weighted by atomic mass is 19.1. The van der Waals surface area contributed by atoms with Gasteiger partial charge in [0.25, 0.3) is 0 Å². The molecular formula is C13H14FN3O3. The van der Waals surface area contributed by atoms with E-state index in [2.05, 4.69) is 10.3 Å². The molecule has 2 aromatic rings. The summed E-state index contributed by atoms with van der Waals surface area (Å²) in [5, 5.41) is 16.5. The lowest BCUT2D eigenvalue weighted by Gasteiger charge is -2.07. The number of hydrogen-bond acceptors (Lipinski definition) is 4. The summed E-state index contributed by atoms with van der Waals surface area (Å²) >= 11 is 0. The fourth-order valence-corrected chi connectivity index (χ4v) is 1.86. The number of carbonyl (C=O) groups is 1. The third-order valence-corrected chi connectivity index (χ3v) is 2.86. The number of aromatic carboxylic acids is 1. The van der Waals surface area contributed by atoms with Crippen LogP contribution in [0.25, 0.3) is 0 Å². The van der Waals surface area contributed by atoms with Crippen molar-refractivity contribution in [2.24, 2.45) is 0 Å². The lowest BCUT2D eigenvalue weighted by Crippen LogP contribution is -2.12. The average molecular weight is 279 g/mol. The zero-order valence-corrected chi connectivity index (χ0v) is 10.9. The normalized spacial score (nSPS) is 10.7. The molecule has 1 N–H and O–H groups in total. The molecule has 0 amide bonds. The molecule has 0 radical (unpaired) electrons. The third-order valence-electron chi connectivity index (χ3n) is 2.86. The Morgan fingerprint density at radius 1 is 1.45 bits per heavy atom. The maximum absolute atomic E-state index is 13.6. The van der Waals surface area contributed by atoms with E-state index in [-0.39, 0.29) is 18.1 Å². The van der Waals surface area contributed by atoms with E-state index in [4.69, 9.17) is 9.84 Å². The molecule has 106 valence electrons. The lowest BCUT2D eigenvalue weighted by molar-refractivity contribution is 0.0688. The molecule has 0 aliphatic heterocycles. The van der Waals surface area contributed by atoms with Gasteiger partial charge in [-0.1, -0.05) is 23.4 Å². The van der Waals surface area contributed by atoms with Gasteiger partial charge in [0.15, 0.2) is 5.69 Å². The molecule has 20 heavy (non-hydrogen) atoms. The van der Waals surface area contributed by atoms with Crippen LogP contribution in [0.15, 0.2) is 24.3 Å². The smallest absolute Gasteiger partial charge is 0.358 e. The molecule has 0 unspecified atom stereocenters. The van der Waals surface area contributed by atoms with Gasteiger partial charge in [-0.3, -0.25) is 0 Å². The first kappa shape index (κ1) is 14.1. The van der Waals surface area contributed by atoms with Crippen molar-refractivity contribution in [1.29, 1.82) is 0 Å². The monoisotopic (exact) mass is 279 g/mol. The minimum atomic E-state index is -1.16. The van der Waals surface area contributed by atoms with E-state index in [0.29, 0.717) is 24.3 Å². The van der Waals surface area contributed by atoms with Crippen LogP contribution in [-0.4, -0.2) is 39.8 Å². The lowest BCUT2D eigenvalue weighted by atomic mass is 10.2. The van der Waals surface area contributed by atoms with Gasteiger partial charge in [-0.05, 0) is 6.07 Å². The van der Waals surface area contributed by atoms with Crippen LogP contribution in [0.1, 0.15) is 21.7 Å². The summed E-state index contributed by atoms with van der Waals surface area (Å²) in [5.41, 5.74) is 0.717. The van der Waals surface area contributed by atoms with Crippen LogP contribution in [0.5, 0.6) is 0 Å². The molecule has 2 rings (SSSR count). The van der Waals surface area contributed by atoms with E-state index in [9.17, 15) is 9.18 Å². The van der Waals surface area contributed by atoms with Gasteiger partial charge in [-0.15, -0.1) is 5.10 Å². The number of benzene rings is 1. The van der Waals surface area contributed by atoms with Crippen LogP contribution < -0.4 is 0 Å². The first-order valence-corrected chi connectivity index (χ1v) is 6.01. The highest BCUT2D eigenvalue weighted by Crippen LogP contribution is 2.12. The molecule has 0 saturated carbocycles. The molecular weight excluding hydrogens is 265 g/mol. The van der Waals surface area contributed by atoms with Crippen LogP contribution in [-0.2, 0) is 17.7 Å². The van der Waals surface area contributed by atoms with Crippen molar-refractivity contribution in [3.8, 4) is 0 Å². The van der Waals surface area contributed by atoms with Gasteiger partial charge in [0.2, 0.25) is 0 Å². The molecule has 0 aliphatic carbocycles.